The Kier molecular flexibility index (Phi) is 5.65. The second kappa shape index (κ2) is 8.72. The zero-order valence-electron chi connectivity index (χ0n) is 17.7. The first kappa shape index (κ1) is 20.1. The van der Waals surface area contributed by atoms with E-state index in [0.29, 0.717) is 18.4 Å². The van der Waals surface area contributed by atoms with Gasteiger partial charge in [-0.05, 0) is 61.9 Å². The maximum Gasteiger partial charge on any atom is 0.324 e. The molecule has 4 heterocycles. The van der Waals surface area contributed by atoms with Crippen LogP contribution in [-0.4, -0.2) is 45.1 Å². The lowest BCUT2D eigenvalue weighted by Gasteiger charge is -2.30. The van der Waals surface area contributed by atoms with Crippen LogP contribution in [0.2, 0.25) is 0 Å². The molecule has 0 aliphatic carbocycles. The van der Waals surface area contributed by atoms with Crippen LogP contribution in [0.15, 0.2) is 58.2 Å². The number of thioether (sulfide) groups is 1. The van der Waals surface area contributed by atoms with Crippen LogP contribution in [0.5, 0.6) is 0 Å². The monoisotopic (exact) mass is 435 g/mol. The maximum atomic E-state index is 6.14. The van der Waals surface area contributed by atoms with Crippen LogP contribution in [-0.2, 0) is 11.3 Å². The Balaban J connectivity index is 1.18. The standard InChI is InChI=1S/C23H25N5O2S/c1-16-25-23(30-26-16)27-10-8-19(9-11-27)29-15-17-3-6-22(24-14-17)28-12-7-18-13-20(31-2)4-5-21(18)28/h3-7,12-14,19H,8-11,15H2,1-2H3. The van der Waals surface area contributed by atoms with E-state index in [4.69, 9.17) is 9.26 Å². The van der Waals surface area contributed by atoms with E-state index in [0.717, 1.165) is 42.8 Å². The van der Waals surface area contributed by atoms with Gasteiger partial charge in [-0.25, -0.2) is 4.98 Å². The number of hydrogen-bond donors (Lipinski definition) is 0. The Morgan fingerprint density at radius 2 is 2.03 bits per heavy atom. The molecule has 0 saturated carbocycles. The number of aryl methyl sites for hydroxylation is 1. The first-order valence-electron chi connectivity index (χ1n) is 10.5. The van der Waals surface area contributed by atoms with Crippen molar-refractivity contribution in [2.24, 2.45) is 0 Å². The highest BCUT2D eigenvalue weighted by Gasteiger charge is 2.23. The molecule has 4 aromatic rings. The van der Waals surface area contributed by atoms with E-state index in [1.54, 1.807) is 11.8 Å². The molecule has 0 bridgehead atoms. The third kappa shape index (κ3) is 4.31. The smallest absolute Gasteiger partial charge is 0.324 e. The van der Waals surface area contributed by atoms with E-state index in [-0.39, 0.29) is 6.10 Å². The molecule has 5 rings (SSSR count). The zero-order chi connectivity index (χ0) is 21.2. The molecule has 3 aromatic heterocycles. The van der Waals surface area contributed by atoms with Crippen molar-refractivity contribution in [3.63, 3.8) is 0 Å². The van der Waals surface area contributed by atoms with Gasteiger partial charge in [0.15, 0.2) is 5.82 Å². The van der Waals surface area contributed by atoms with Gasteiger partial charge >= 0.3 is 6.01 Å². The van der Waals surface area contributed by atoms with E-state index < -0.39 is 0 Å². The third-order valence-electron chi connectivity index (χ3n) is 5.67. The summed E-state index contributed by atoms with van der Waals surface area (Å²) in [7, 11) is 0. The number of fused-ring (bicyclic) bond motifs is 1. The van der Waals surface area contributed by atoms with Crippen molar-refractivity contribution in [3.8, 4) is 5.82 Å². The Bertz CT molecular complexity index is 1160. The summed E-state index contributed by atoms with van der Waals surface area (Å²) in [6.45, 7) is 4.13. The van der Waals surface area contributed by atoms with Crippen LogP contribution in [0.3, 0.4) is 0 Å². The van der Waals surface area contributed by atoms with Gasteiger partial charge in [-0.15, -0.1) is 11.8 Å². The molecule has 0 radical (unpaired) electrons. The highest BCUT2D eigenvalue weighted by molar-refractivity contribution is 7.98. The molecule has 31 heavy (non-hydrogen) atoms. The number of anilines is 1. The number of ether oxygens (including phenoxy) is 1. The largest absolute Gasteiger partial charge is 0.373 e. The topological polar surface area (TPSA) is 69.2 Å². The molecule has 1 aliphatic heterocycles. The Hall–Kier alpha value is -2.84. The number of nitrogens with zero attached hydrogens (tertiary/aromatic N) is 5. The van der Waals surface area contributed by atoms with Gasteiger partial charge in [-0.2, -0.15) is 4.98 Å². The van der Waals surface area contributed by atoms with Gasteiger partial charge in [0.2, 0.25) is 0 Å². The highest BCUT2D eigenvalue weighted by Crippen LogP contribution is 2.25. The second-order valence-corrected chi connectivity index (χ2v) is 8.64. The van der Waals surface area contributed by atoms with Crippen molar-refractivity contribution in [1.82, 2.24) is 19.7 Å². The second-order valence-electron chi connectivity index (χ2n) is 7.76. The van der Waals surface area contributed by atoms with E-state index in [1.165, 1.54) is 10.3 Å². The van der Waals surface area contributed by atoms with Crippen LogP contribution in [0.25, 0.3) is 16.7 Å². The fourth-order valence-electron chi connectivity index (χ4n) is 3.93. The maximum absolute atomic E-state index is 6.14. The average molecular weight is 436 g/mol. The number of hydrogen-bond acceptors (Lipinski definition) is 7. The lowest BCUT2D eigenvalue weighted by Crippen LogP contribution is -2.37. The van der Waals surface area contributed by atoms with Crippen molar-refractivity contribution < 1.29 is 9.26 Å². The van der Waals surface area contributed by atoms with Crippen molar-refractivity contribution >= 4 is 28.7 Å². The first-order chi connectivity index (χ1) is 15.2. The molecule has 1 fully saturated rings. The van der Waals surface area contributed by atoms with E-state index >= 15 is 0 Å². The molecule has 160 valence electrons. The van der Waals surface area contributed by atoms with Gasteiger partial charge in [0, 0.05) is 35.8 Å². The Labute approximate surface area is 185 Å². The molecule has 0 N–H and O–H groups in total. The summed E-state index contributed by atoms with van der Waals surface area (Å²) in [6, 6.07) is 13.4. The number of aromatic nitrogens is 4. The summed E-state index contributed by atoms with van der Waals surface area (Å²) in [5.41, 5.74) is 2.25. The van der Waals surface area contributed by atoms with Crippen molar-refractivity contribution in [3.05, 3.63) is 60.2 Å². The lowest BCUT2D eigenvalue weighted by molar-refractivity contribution is 0.0244. The van der Waals surface area contributed by atoms with Crippen LogP contribution in [0.4, 0.5) is 6.01 Å². The van der Waals surface area contributed by atoms with Gasteiger partial charge in [0.1, 0.15) is 5.82 Å². The molecule has 1 aromatic carbocycles. The lowest BCUT2D eigenvalue weighted by atomic mass is 10.1. The molecule has 1 saturated heterocycles. The predicted octanol–water partition coefficient (Wildman–Crippen LogP) is 4.62. The number of piperidine rings is 1. The van der Waals surface area contributed by atoms with Gasteiger partial charge in [-0.1, -0.05) is 11.2 Å². The molecular weight excluding hydrogens is 410 g/mol. The van der Waals surface area contributed by atoms with E-state index in [1.807, 2.05) is 13.1 Å². The highest BCUT2D eigenvalue weighted by atomic mass is 32.2. The van der Waals surface area contributed by atoms with Gasteiger partial charge in [0.25, 0.3) is 0 Å². The fourth-order valence-corrected chi connectivity index (χ4v) is 4.38. The molecule has 0 spiro atoms. The van der Waals surface area contributed by atoms with E-state index in [9.17, 15) is 0 Å². The summed E-state index contributed by atoms with van der Waals surface area (Å²) in [4.78, 5) is 12.4. The predicted molar refractivity (Wildman–Crippen MR) is 122 cm³/mol. The SMILES string of the molecule is CSc1ccc2c(ccn2-c2ccc(COC3CCN(c4nc(C)no4)CC3)cn2)c1. The number of pyridine rings is 1. The number of rotatable bonds is 6. The molecule has 0 unspecified atom stereocenters. The summed E-state index contributed by atoms with van der Waals surface area (Å²) < 4.78 is 13.5. The van der Waals surface area contributed by atoms with Gasteiger partial charge < -0.3 is 18.7 Å². The Morgan fingerprint density at radius 3 is 2.74 bits per heavy atom. The molecular formula is C23H25N5O2S. The minimum Gasteiger partial charge on any atom is -0.373 e. The first-order valence-corrected chi connectivity index (χ1v) is 11.7. The quantitative estimate of drug-likeness (QED) is 0.409. The minimum atomic E-state index is 0.235. The molecule has 0 amide bonds. The average Bonchev–Trinajstić information content (AvgIpc) is 3.44. The third-order valence-corrected chi connectivity index (χ3v) is 6.39. The summed E-state index contributed by atoms with van der Waals surface area (Å²) in [6.07, 6.45) is 8.21. The number of benzene rings is 1. The van der Waals surface area contributed by atoms with Crippen molar-refractivity contribution in [2.75, 3.05) is 24.2 Å². The van der Waals surface area contributed by atoms with Crippen molar-refractivity contribution in [2.45, 2.75) is 37.4 Å². The molecule has 1 aliphatic rings. The summed E-state index contributed by atoms with van der Waals surface area (Å²) in [5, 5.41) is 5.09. The molecule has 8 heteroatoms. The molecule has 0 atom stereocenters. The summed E-state index contributed by atoms with van der Waals surface area (Å²) in [5.74, 6) is 1.58. The van der Waals surface area contributed by atoms with E-state index in [2.05, 4.69) is 73.4 Å². The van der Waals surface area contributed by atoms with Crippen LogP contribution in [0, 0.1) is 6.92 Å². The minimum absolute atomic E-state index is 0.235. The summed E-state index contributed by atoms with van der Waals surface area (Å²) >= 11 is 1.76. The Morgan fingerprint density at radius 1 is 1.16 bits per heavy atom. The zero-order valence-corrected chi connectivity index (χ0v) is 18.5. The van der Waals surface area contributed by atoms with Crippen LogP contribution < -0.4 is 4.90 Å². The fraction of sp³-hybridized carbons (Fsp3) is 0.348. The molecule has 7 nitrogen and oxygen atoms in total. The van der Waals surface area contributed by atoms with Gasteiger partial charge in [-0.3, -0.25) is 0 Å². The van der Waals surface area contributed by atoms with Gasteiger partial charge in [0.05, 0.1) is 18.2 Å². The van der Waals surface area contributed by atoms with Crippen molar-refractivity contribution in [1.29, 1.82) is 0 Å². The van der Waals surface area contributed by atoms with Crippen LogP contribution >= 0.6 is 11.8 Å². The van der Waals surface area contributed by atoms with Crippen LogP contribution in [0.1, 0.15) is 24.2 Å². The normalized spacial score (nSPS) is 15.1.